The zero-order chi connectivity index (χ0) is 22.1. The van der Waals surface area contributed by atoms with Gasteiger partial charge in [0, 0.05) is 17.3 Å². The van der Waals surface area contributed by atoms with Crippen LogP contribution in [0.25, 0.3) is 0 Å². The first kappa shape index (κ1) is 22.7. The first-order chi connectivity index (χ1) is 14.3. The normalized spacial score (nSPS) is 12.9. The number of nitrogens with one attached hydrogen (secondary N) is 1. The van der Waals surface area contributed by atoms with Gasteiger partial charge < -0.3 is 14.9 Å². The number of rotatable bonds is 9. The van der Waals surface area contributed by atoms with Crippen LogP contribution in [-0.4, -0.2) is 28.1 Å². The van der Waals surface area contributed by atoms with Crippen LogP contribution in [0.3, 0.4) is 0 Å². The molecule has 1 amide bonds. The van der Waals surface area contributed by atoms with Crippen molar-refractivity contribution in [2.45, 2.75) is 32.8 Å². The molecule has 7 heteroatoms. The molecule has 2 rings (SSSR count). The van der Waals surface area contributed by atoms with Crippen LogP contribution in [-0.2, 0) is 9.53 Å². The van der Waals surface area contributed by atoms with Crippen molar-refractivity contribution in [3.8, 4) is 5.75 Å². The van der Waals surface area contributed by atoms with Crippen LogP contribution in [0, 0.1) is 5.92 Å². The van der Waals surface area contributed by atoms with Gasteiger partial charge in [0.25, 0.3) is 0 Å². The number of phenols is 1. The van der Waals surface area contributed by atoms with Crippen LogP contribution in [0.4, 0.5) is 10.5 Å². The molecule has 0 aliphatic carbocycles. The summed E-state index contributed by atoms with van der Waals surface area (Å²) in [4.78, 5) is 34.4. The highest BCUT2D eigenvalue weighted by Crippen LogP contribution is 2.31. The van der Waals surface area contributed by atoms with Crippen molar-refractivity contribution >= 4 is 23.5 Å². The lowest BCUT2D eigenvalue weighted by atomic mass is 9.93. The van der Waals surface area contributed by atoms with Crippen LogP contribution >= 0.6 is 0 Å². The highest BCUT2D eigenvalue weighted by Gasteiger charge is 2.23. The number of carboxylic acid groups (broad SMARTS) is 1. The summed E-state index contributed by atoms with van der Waals surface area (Å²) in [5.74, 6) is -1.09. The second-order valence-corrected chi connectivity index (χ2v) is 6.97. The monoisotopic (exact) mass is 411 g/mol. The molecule has 0 saturated heterocycles. The van der Waals surface area contributed by atoms with Crippen molar-refractivity contribution in [1.29, 1.82) is 0 Å². The maximum atomic E-state index is 12.5. The Kier molecular flexibility index (Phi) is 8.17. The molecule has 0 unspecified atom stereocenters. The lowest BCUT2D eigenvalue weighted by Crippen LogP contribution is -2.22. The summed E-state index contributed by atoms with van der Waals surface area (Å²) in [6.07, 6.45) is 2.50. The molecular formula is C23H25NO6. The van der Waals surface area contributed by atoms with Gasteiger partial charge in [0.15, 0.2) is 5.78 Å². The quantitative estimate of drug-likeness (QED) is 0.398. The van der Waals surface area contributed by atoms with E-state index in [0.717, 1.165) is 6.08 Å². The predicted molar refractivity (Wildman–Crippen MR) is 113 cm³/mol. The van der Waals surface area contributed by atoms with Gasteiger partial charge in [0.2, 0.25) is 0 Å². The van der Waals surface area contributed by atoms with Crippen LogP contribution in [0.5, 0.6) is 5.75 Å². The Morgan fingerprint density at radius 1 is 1.07 bits per heavy atom. The molecule has 158 valence electrons. The number of carbonyl (C=O) groups excluding carboxylic acids is 2. The largest absolute Gasteiger partial charge is 0.508 e. The molecule has 0 aliphatic heterocycles. The maximum Gasteiger partial charge on any atom is 0.412 e. The summed E-state index contributed by atoms with van der Waals surface area (Å²) in [5.41, 5.74) is 1.75. The summed E-state index contributed by atoms with van der Waals surface area (Å²) in [6, 6.07) is 12.9. The third kappa shape index (κ3) is 7.09. The van der Waals surface area contributed by atoms with E-state index in [1.807, 2.05) is 6.92 Å². The van der Waals surface area contributed by atoms with E-state index >= 15 is 0 Å². The van der Waals surface area contributed by atoms with Crippen LogP contribution in [0.15, 0.2) is 60.7 Å². The smallest absolute Gasteiger partial charge is 0.412 e. The van der Waals surface area contributed by atoms with E-state index in [4.69, 9.17) is 9.84 Å². The Labute approximate surface area is 175 Å². The number of amides is 1. The number of carbonyl (C=O) groups is 3. The second kappa shape index (κ2) is 10.8. The molecule has 0 bridgehead atoms. The van der Waals surface area contributed by atoms with E-state index in [0.29, 0.717) is 29.7 Å². The van der Waals surface area contributed by atoms with E-state index < -0.39 is 18.2 Å². The number of hydrogen-bond acceptors (Lipinski definition) is 5. The van der Waals surface area contributed by atoms with Crippen LogP contribution < -0.4 is 5.32 Å². The van der Waals surface area contributed by atoms with Crippen LogP contribution in [0.2, 0.25) is 0 Å². The fourth-order valence-electron chi connectivity index (χ4n) is 2.92. The number of aliphatic carboxylic acids is 1. The van der Waals surface area contributed by atoms with Gasteiger partial charge in [-0.1, -0.05) is 25.1 Å². The first-order valence-corrected chi connectivity index (χ1v) is 9.53. The van der Waals surface area contributed by atoms with Gasteiger partial charge in [-0.15, -0.1) is 0 Å². The molecule has 0 radical (unpaired) electrons. The average Bonchev–Trinajstić information content (AvgIpc) is 2.70. The average molecular weight is 411 g/mol. The fourth-order valence-corrected chi connectivity index (χ4v) is 2.92. The van der Waals surface area contributed by atoms with Gasteiger partial charge in [-0.25, -0.2) is 9.59 Å². The highest BCUT2D eigenvalue weighted by atomic mass is 16.6. The number of ether oxygens (including phenoxy) is 1. The van der Waals surface area contributed by atoms with Crippen molar-refractivity contribution in [3.63, 3.8) is 0 Å². The molecule has 0 aromatic heterocycles. The SMILES string of the molecule is CC(=O)c1ccc(NC(=O)O[C@@H](c2ccc(O)cc2)[C@@H](C)CC/C=C/C(=O)O)cc1. The number of anilines is 1. The zero-order valence-corrected chi connectivity index (χ0v) is 16.9. The van der Waals surface area contributed by atoms with Crippen molar-refractivity contribution in [1.82, 2.24) is 0 Å². The van der Waals surface area contributed by atoms with Crippen molar-refractivity contribution < 1.29 is 29.3 Å². The summed E-state index contributed by atoms with van der Waals surface area (Å²) in [5, 5.41) is 20.9. The maximum absolute atomic E-state index is 12.5. The molecule has 0 heterocycles. The van der Waals surface area contributed by atoms with Gasteiger partial charge in [-0.3, -0.25) is 10.1 Å². The Morgan fingerprint density at radius 3 is 2.27 bits per heavy atom. The lowest BCUT2D eigenvalue weighted by molar-refractivity contribution is -0.131. The van der Waals surface area contributed by atoms with E-state index in [2.05, 4.69) is 5.32 Å². The minimum atomic E-state index is -1.01. The minimum absolute atomic E-state index is 0.0673. The Morgan fingerprint density at radius 2 is 1.70 bits per heavy atom. The Bertz CT molecular complexity index is 902. The molecule has 2 atom stereocenters. The molecule has 30 heavy (non-hydrogen) atoms. The number of hydrogen-bond donors (Lipinski definition) is 3. The number of carboxylic acids is 1. The van der Waals surface area contributed by atoms with E-state index in [-0.39, 0.29) is 17.5 Å². The molecule has 0 saturated carbocycles. The summed E-state index contributed by atoms with van der Waals surface area (Å²) >= 11 is 0. The molecular weight excluding hydrogens is 386 g/mol. The summed E-state index contributed by atoms with van der Waals surface area (Å²) in [6.45, 7) is 3.37. The zero-order valence-electron chi connectivity index (χ0n) is 16.9. The Hall–Kier alpha value is -3.61. The fraction of sp³-hybridized carbons (Fsp3) is 0.261. The van der Waals surface area contributed by atoms with E-state index in [9.17, 15) is 19.5 Å². The van der Waals surface area contributed by atoms with Gasteiger partial charge in [-0.2, -0.15) is 0 Å². The summed E-state index contributed by atoms with van der Waals surface area (Å²) < 4.78 is 5.66. The molecule has 7 nitrogen and oxygen atoms in total. The number of phenolic OH excluding ortho intramolecular Hbond substituents is 1. The number of allylic oxidation sites excluding steroid dienone is 1. The molecule has 0 fully saturated rings. The van der Waals surface area contributed by atoms with Crippen molar-refractivity contribution in [3.05, 3.63) is 71.8 Å². The number of benzene rings is 2. The number of Topliss-reactive ketones (excluding diaryl/α,β-unsaturated/α-hetero) is 1. The standard InChI is InChI=1S/C23H25NO6/c1-15(5-3-4-6-21(27)28)22(18-9-13-20(26)14-10-18)30-23(29)24-19-11-7-17(8-12-19)16(2)25/h4,6-15,22,26H,3,5H2,1-2H3,(H,24,29)(H,27,28)/b6-4+/t15-,22+/m0/s1. The third-order valence-electron chi connectivity index (χ3n) is 4.56. The van der Waals surface area contributed by atoms with E-state index in [1.165, 1.54) is 19.1 Å². The van der Waals surface area contributed by atoms with Gasteiger partial charge in [0.05, 0.1) is 0 Å². The number of aromatic hydroxyl groups is 1. The van der Waals surface area contributed by atoms with Gasteiger partial charge in [-0.05, 0) is 67.6 Å². The molecule has 0 spiro atoms. The topological polar surface area (TPSA) is 113 Å². The van der Waals surface area contributed by atoms with Crippen molar-refractivity contribution in [2.24, 2.45) is 5.92 Å². The number of ketones is 1. The lowest BCUT2D eigenvalue weighted by Gasteiger charge is -2.24. The predicted octanol–water partition coefficient (Wildman–Crippen LogP) is 4.94. The molecule has 3 N–H and O–H groups in total. The summed E-state index contributed by atoms with van der Waals surface area (Å²) in [7, 11) is 0. The highest BCUT2D eigenvalue weighted by molar-refractivity contribution is 5.95. The third-order valence-corrected chi connectivity index (χ3v) is 4.56. The van der Waals surface area contributed by atoms with Crippen molar-refractivity contribution in [2.75, 3.05) is 5.32 Å². The van der Waals surface area contributed by atoms with Crippen LogP contribution in [0.1, 0.15) is 48.7 Å². The molecule has 2 aromatic rings. The first-order valence-electron chi connectivity index (χ1n) is 9.53. The Balaban J connectivity index is 2.09. The minimum Gasteiger partial charge on any atom is -0.508 e. The van der Waals surface area contributed by atoms with E-state index in [1.54, 1.807) is 42.5 Å². The van der Waals surface area contributed by atoms with Gasteiger partial charge in [0.1, 0.15) is 11.9 Å². The molecule has 0 aliphatic rings. The second-order valence-electron chi connectivity index (χ2n) is 6.97. The molecule has 2 aromatic carbocycles. The van der Waals surface area contributed by atoms with Gasteiger partial charge >= 0.3 is 12.1 Å².